The third-order valence-electron chi connectivity index (χ3n) is 4.93. The summed E-state index contributed by atoms with van der Waals surface area (Å²) in [5.41, 5.74) is 2.71. The number of pyridine rings is 2. The summed E-state index contributed by atoms with van der Waals surface area (Å²) in [7, 11) is 0. The van der Waals surface area contributed by atoms with E-state index >= 15 is 0 Å². The Hall–Kier alpha value is -4.24. The molecule has 32 heavy (non-hydrogen) atoms. The minimum Gasteiger partial charge on any atom is -0.298 e. The number of fused-ring (bicyclic) bond motifs is 1. The van der Waals surface area contributed by atoms with Gasteiger partial charge in [-0.25, -0.2) is 4.98 Å². The van der Waals surface area contributed by atoms with Crippen molar-refractivity contribution in [2.45, 2.75) is 6.54 Å². The predicted molar refractivity (Wildman–Crippen MR) is 118 cm³/mol. The molecule has 0 spiro atoms. The molecule has 1 aromatic carbocycles. The molecule has 8 nitrogen and oxygen atoms in total. The molecule has 9 heteroatoms. The maximum absolute atomic E-state index is 12.8. The molecule has 1 N–H and O–H groups in total. The van der Waals surface area contributed by atoms with Gasteiger partial charge in [-0.15, -0.1) is 11.3 Å². The SMILES string of the molecule is O=C(Nc1nc(-c2ccccn2)cs1)c1ccc2c(c1)C(=O)N(Cc1ccccn1)C2=O. The lowest BCUT2D eigenvalue weighted by Crippen LogP contribution is -2.29. The highest BCUT2D eigenvalue weighted by Gasteiger charge is 2.36. The highest BCUT2D eigenvalue weighted by molar-refractivity contribution is 7.14. The molecule has 3 aromatic heterocycles. The van der Waals surface area contributed by atoms with Gasteiger partial charge in [-0.05, 0) is 42.5 Å². The van der Waals surface area contributed by atoms with Crippen LogP contribution in [-0.4, -0.2) is 37.6 Å². The molecule has 0 unspecified atom stereocenters. The molecule has 0 bridgehead atoms. The van der Waals surface area contributed by atoms with Crippen LogP contribution in [0.5, 0.6) is 0 Å². The summed E-state index contributed by atoms with van der Waals surface area (Å²) < 4.78 is 0. The minimum absolute atomic E-state index is 0.0735. The smallest absolute Gasteiger partial charge is 0.261 e. The van der Waals surface area contributed by atoms with Crippen molar-refractivity contribution in [3.63, 3.8) is 0 Å². The molecule has 1 aliphatic rings. The van der Waals surface area contributed by atoms with E-state index in [9.17, 15) is 14.4 Å². The van der Waals surface area contributed by atoms with E-state index in [1.807, 2.05) is 18.2 Å². The molecule has 3 amide bonds. The molecule has 4 heterocycles. The first kappa shape index (κ1) is 19.7. The number of benzene rings is 1. The van der Waals surface area contributed by atoms with E-state index in [-0.39, 0.29) is 23.2 Å². The molecule has 1 aliphatic heterocycles. The van der Waals surface area contributed by atoms with Crippen LogP contribution >= 0.6 is 11.3 Å². The number of nitrogens with one attached hydrogen (secondary N) is 1. The largest absolute Gasteiger partial charge is 0.298 e. The van der Waals surface area contributed by atoms with Crippen LogP contribution in [0, 0.1) is 0 Å². The fourth-order valence-electron chi connectivity index (χ4n) is 3.36. The van der Waals surface area contributed by atoms with Crippen molar-refractivity contribution in [3.05, 3.63) is 94.8 Å². The van der Waals surface area contributed by atoms with Gasteiger partial charge in [-0.2, -0.15) is 0 Å². The van der Waals surface area contributed by atoms with Gasteiger partial charge in [0.15, 0.2) is 5.13 Å². The molecular weight excluding hydrogens is 426 g/mol. The van der Waals surface area contributed by atoms with Gasteiger partial charge in [-0.1, -0.05) is 12.1 Å². The van der Waals surface area contributed by atoms with Crippen molar-refractivity contribution >= 4 is 34.2 Å². The quantitative estimate of drug-likeness (QED) is 0.474. The minimum atomic E-state index is -0.447. The summed E-state index contributed by atoms with van der Waals surface area (Å²) >= 11 is 1.28. The topological polar surface area (TPSA) is 105 Å². The van der Waals surface area contributed by atoms with Gasteiger partial charge in [0, 0.05) is 23.3 Å². The number of carbonyl (C=O) groups is 3. The molecule has 0 fully saturated rings. The number of aromatic nitrogens is 3. The van der Waals surface area contributed by atoms with E-state index < -0.39 is 17.7 Å². The zero-order valence-electron chi connectivity index (χ0n) is 16.6. The lowest BCUT2D eigenvalue weighted by atomic mass is 10.1. The lowest BCUT2D eigenvalue weighted by Gasteiger charge is -2.12. The number of amides is 3. The highest BCUT2D eigenvalue weighted by atomic mass is 32.1. The van der Waals surface area contributed by atoms with Crippen molar-refractivity contribution < 1.29 is 14.4 Å². The number of hydrogen-bond acceptors (Lipinski definition) is 7. The Morgan fingerprint density at radius 3 is 2.44 bits per heavy atom. The van der Waals surface area contributed by atoms with Crippen LogP contribution in [-0.2, 0) is 6.54 Å². The number of imide groups is 1. The zero-order chi connectivity index (χ0) is 22.1. The first-order chi connectivity index (χ1) is 15.6. The predicted octanol–water partition coefficient (Wildman–Crippen LogP) is 3.65. The van der Waals surface area contributed by atoms with Gasteiger partial charge in [0.1, 0.15) is 5.69 Å². The van der Waals surface area contributed by atoms with E-state index in [1.165, 1.54) is 29.5 Å². The number of hydrogen-bond donors (Lipinski definition) is 1. The fourth-order valence-corrected chi connectivity index (χ4v) is 4.06. The third-order valence-corrected chi connectivity index (χ3v) is 5.69. The fraction of sp³-hybridized carbons (Fsp3) is 0.0435. The first-order valence-corrected chi connectivity index (χ1v) is 10.6. The number of rotatable bonds is 5. The molecule has 0 saturated carbocycles. The van der Waals surface area contributed by atoms with E-state index in [2.05, 4.69) is 20.3 Å². The van der Waals surface area contributed by atoms with Gasteiger partial charge in [0.05, 0.1) is 29.1 Å². The second-order valence-electron chi connectivity index (χ2n) is 6.98. The Balaban J connectivity index is 1.34. The number of nitrogens with zero attached hydrogens (tertiary/aromatic N) is 4. The van der Waals surface area contributed by atoms with Crippen LogP contribution in [0.25, 0.3) is 11.4 Å². The molecule has 0 atom stereocenters. The Bertz CT molecular complexity index is 1340. The summed E-state index contributed by atoms with van der Waals surface area (Å²) in [6, 6.07) is 15.3. The van der Waals surface area contributed by atoms with Crippen molar-refractivity contribution in [2.24, 2.45) is 0 Å². The van der Waals surface area contributed by atoms with Gasteiger partial charge in [0.25, 0.3) is 17.7 Å². The summed E-state index contributed by atoms with van der Waals surface area (Å²) in [5.74, 6) is -1.27. The number of anilines is 1. The summed E-state index contributed by atoms with van der Waals surface area (Å²) in [6.07, 6.45) is 3.28. The Morgan fingerprint density at radius 2 is 1.69 bits per heavy atom. The summed E-state index contributed by atoms with van der Waals surface area (Å²) in [5, 5.41) is 4.95. The van der Waals surface area contributed by atoms with E-state index in [4.69, 9.17) is 0 Å². The lowest BCUT2D eigenvalue weighted by molar-refractivity contribution is 0.0640. The Labute approximate surface area is 186 Å². The van der Waals surface area contributed by atoms with Gasteiger partial charge >= 0.3 is 0 Å². The average Bonchev–Trinajstić information content (AvgIpc) is 3.39. The number of carbonyl (C=O) groups excluding carboxylic acids is 3. The van der Waals surface area contributed by atoms with Gasteiger partial charge in [0.2, 0.25) is 0 Å². The maximum Gasteiger partial charge on any atom is 0.261 e. The maximum atomic E-state index is 12.8. The van der Waals surface area contributed by atoms with Crippen molar-refractivity contribution in [1.29, 1.82) is 0 Å². The van der Waals surface area contributed by atoms with Crippen LogP contribution in [0.15, 0.2) is 72.4 Å². The first-order valence-electron chi connectivity index (χ1n) is 9.68. The van der Waals surface area contributed by atoms with Crippen molar-refractivity contribution in [2.75, 3.05) is 5.32 Å². The number of thiazole rings is 1. The normalized spacial score (nSPS) is 12.7. The van der Waals surface area contributed by atoms with Crippen LogP contribution in [0.3, 0.4) is 0 Å². The second-order valence-corrected chi connectivity index (χ2v) is 7.84. The van der Waals surface area contributed by atoms with Crippen molar-refractivity contribution in [1.82, 2.24) is 19.9 Å². The van der Waals surface area contributed by atoms with E-state index in [1.54, 1.807) is 36.0 Å². The molecule has 156 valence electrons. The van der Waals surface area contributed by atoms with E-state index in [0.29, 0.717) is 22.2 Å². The standard InChI is InChI=1S/C23H15N5O3S/c29-20(27-23-26-19(13-32-23)18-6-2-4-10-25-18)14-7-8-16-17(11-14)22(31)28(21(16)30)12-15-5-1-3-9-24-15/h1-11,13H,12H2,(H,26,27,29). The second kappa shape index (κ2) is 8.12. The van der Waals surface area contributed by atoms with Crippen molar-refractivity contribution in [3.8, 4) is 11.4 Å². The zero-order valence-corrected chi connectivity index (χ0v) is 17.4. The molecule has 0 aliphatic carbocycles. The average molecular weight is 441 g/mol. The van der Waals surface area contributed by atoms with Crippen LogP contribution in [0.4, 0.5) is 5.13 Å². The monoisotopic (exact) mass is 441 g/mol. The van der Waals surface area contributed by atoms with Gasteiger partial charge < -0.3 is 0 Å². The molecule has 4 aromatic rings. The third kappa shape index (κ3) is 3.65. The molecule has 0 saturated heterocycles. The Kier molecular flexibility index (Phi) is 5.00. The summed E-state index contributed by atoms with van der Waals surface area (Å²) in [4.78, 5) is 52.2. The highest BCUT2D eigenvalue weighted by Crippen LogP contribution is 2.27. The van der Waals surface area contributed by atoms with E-state index in [0.717, 1.165) is 4.90 Å². The van der Waals surface area contributed by atoms with Crippen LogP contribution < -0.4 is 5.32 Å². The van der Waals surface area contributed by atoms with Crippen LogP contribution in [0.2, 0.25) is 0 Å². The van der Waals surface area contributed by atoms with Gasteiger partial charge in [-0.3, -0.25) is 34.6 Å². The van der Waals surface area contributed by atoms with Crippen LogP contribution in [0.1, 0.15) is 36.8 Å². The molecule has 5 rings (SSSR count). The molecule has 0 radical (unpaired) electrons. The Morgan fingerprint density at radius 1 is 0.906 bits per heavy atom. The molecular formula is C23H15N5O3S. The summed E-state index contributed by atoms with van der Waals surface area (Å²) in [6.45, 7) is 0.0735.